The van der Waals surface area contributed by atoms with Gasteiger partial charge < -0.3 is 16.0 Å². The maximum atomic E-state index is 12.4. The van der Waals surface area contributed by atoms with Crippen LogP contribution in [0.5, 0.6) is 0 Å². The van der Waals surface area contributed by atoms with Crippen molar-refractivity contribution in [1.29, 1.82) is 0 Å². The van der Waals surface area contributed by atoms with Gasteiger partial charge in [0.15, 0.2) is 0 Å². The lowest BCUT2D eigenvalue weighted by atomic mass is 9.90. The summed E-state index contributed by atoms with van der Waals surface area (Å²) in [6.45, 7) is 3.98. The number of nitrogens with one attached hydrogen (secondary N) is 3. The molecule has 0 radical (unpaired) electrons. The first-order chi connectivity index (χ1) is 10.1. The second kappa shape index (κ2) is 6.67. The Kier molecular flexibility index (Phi) is 5.08. The lowest BCUT2D eigenvalue weighted by Crippen LogP contribution is -2.52. The van der Waals surface area contributed by atoms with Crippen molar-refractivity contribution in [2.75, 3.05) is 18.4 Å². The number of fused-ring (bicyclic) bond motifs is 1. The lowest BCUT2D eigenvalue weighted by Gasteiger charge is -2.35. The summed E-state index contributed by atoms with van der Waals surface area (Å²) in [5.74, 6) is 0.0148. The largest absolute Gasteiger partial charge is 0.347 e. The van der Waals surface area contributed by atoms with Crippen LogP contribution < -0.4 is 16.0 Å². The van der Waals surface area contributed by atoms with Crippen molar-refractivity contribution in [3.05, 3.63) is 29.3 Å². The van der Waals surface area contributed by atoms with E-state index in [1.165, 1.54) is 0 Å². The van der Waals surface area contributed by atoms with E-state index in [-0.39, 0.29) is 29.8 Å². The monoisotopic (exact) mass is 323 g/mol. The predicted molar refractivity (Wildman–Crippen MR) is 88.6 cm³/mol. The molecule has 2 heterocycles. The number of hydrogen-bond acceptors (Lipinski definition) is 3. The second-order valence-electron chi connectivity index (χ2n) is 6.18. The van der Waals surface area contributed by atoms with Gasteiger partial charge in [-0.2, -0.15) is 0 Å². The van der Waals surface area contributed by atoms with Crippen LogP contribution in [0.15, 0.2) is 18.2 Å². The van der Waals surface area contributed by atoms with Gasteiger partial charge in [-0.15, -0.1) is 12.4 Å². The highest BCUT2D eigenvalue weighted by Crippen LogP contribution is 2.24. The number of piperidine rings is 1. The molecule has 3 N–H and O–H groups in total. The fraction of sp³-hybridized carbons (Fsp3) is 0.500. The average Bonchev–Trinajstić information content (AvgIpc) is 2.47. The van der Waals surface area contributed by atoms with E-state index in [1.807, 2.05) is 12.1 Å². The molecule has 1 aromatic rings. The van der Waals surface area contributed by atoms with E-state index in [4.69, 9.17) is 0 Å². The number of hydrogen-bond donors (Lipinski definition) is 3. The van der Waals surface area contributed by atoms with Crippen LogP contribution in [0, 0.1) is 0 Å². The van der Waals surface area contributed by atoms with Crippen molar-refractivity contribution < 1.29 is 9.59 Å². The molecule has 5 nitrogen and oxygen atoms in total. The van der Waals surface area contributed by atoms with Gasteiger partial charge in [0.05, 0.1) is 0 Å². The molecule has 22 heavy (non-hydrogen) atoms. The summed E-state index contributed by atoms with van der Waals surface area (Å²) in [4.78, 5) is 23.8. The molecule has 3 rings (SSSR count). The summed E-state index contributed by atoms with van der Waals surface area (Å²) in [6.07, 6.45) is 3.07. The number of benzene rings is 1. The Balaban J connectivity index is 0.00000176. The molecule has 0 saturated carbocycles. The van der Waals surface area contributed by atoms with E-state index in [9.17, 15) is 9.59 Å². The summed E-state index contributed by atoms with van der Waals surface area (Å²) >= 11 is 0. The highest BCUT2D eigenvalue weighted by Gasteiger charge is 2.29. The maximum absolute atomic E-state index is 12.4. The van der Waals surface area contributed by atoms with Gasteiger partial charge >= 0.3 is 0 Å². The molecule has 120 valence electrons. The zero-order valence-corrected chi connectivity index (χ0v) is 13.5. The molecule has 0 unspecified atom stereocenters. The zero-order chi connectivity index (χ0) is 14.9. The molecule has 6 heteroatoms. The van der Waals surface area contributed by atoms with Gasteiger partial charge in [-0.3, -0.25) is 9.59 Å². The van der Waals surface area contributed by atoms with Crippen LogP contribution in [0.4, 0.5) is 5.69 Å². The number of rotatable bonds is 2. The van der Waals surface area contributed by atoms with Crippen molar-refractivity contribution in [2.45, 2.75) is 38.1 Å². The standard InChI is InChI=1S/C16H21N3O2.ClH/c1-16(6-8-17-9-7-16)19-15(21)12-2-4-13-11(10-12)3-5-14(20)18-13;/h2,4,10,17H,3,5-9H2,1H3,(H,18,20)(H,19,21);1H. The zero-order valence-electron chi connectivity index (χ0n) is 12.7. The average molecular weight is 324 g/mol. The summed E-state index contributed by atoms with van der Waals surface area (Å²) in [7, 11) is 0. The molecule has 1 saturated heterocycles. The van der Waals surface area contributed by atoms with Crippen LogP contribution in [-0.2, 0) is 11.2 Å². The van der Waals surface area contributed by atoms with Crippen LogP contribution in [0.3, 0.4) is 0 Å². The smallest absolute Gasteiger partial charge is 0.251 e. The van der Waals surface area contributed by atoms with Crippen molar-refractivity contribution in [3.8, 4) is 0 Å². The minimum atomic E-state index is -0.132. The van der Waals surface area contributed by atoms with E-state index in [0.29, 0.717) is 18.4 Å². The van der Waals surface area contributed by atoms with E-state index in [2.05, 4.69) is 22.9 Å². The third-order valence-electron chi connectivity index (χ3n) is 4.39. The lowest BCUT2D eigenvalue weighted by molar-refractivity contribution is -0.116. The molecule has 0 aromatic heterocycles. The molecular formula is C16H22ClN3O2. The normalized spacial score (nSPS) is 19.4. The van der Waals surface area contributed by atoms with Crippen LogP contribution in [0.1, 0.15) is 42.1 Å². The Bertz CT molecular complexity index is 583. The molecule has 1 aromatic carbocycles. The number of carbonyl (C=O) groups excluding carboxylic acids is 2. The molecule has 2 aliphatic heterocycles. The quantitative estimate of drug-likeness (QED) is 0.778. The first-order valence-corrected chi connectivity index (χ1v) is 7.52. The van der Waals surface area contributed by atoms with E-state index >= 15 is 0 Å². The van der Waals surface area contributed by atoms with Crippen LogP contribution >= 0.6 is 12.4 Å². The van der Waals surface area contributed by atoms with Crippen molar-refractivity contribution >= 4 is 29.9 Å². The maximum Gasteiger partial charge on any atom is 0.251 e. The third kappa shape index (κ3) is 3.59. The second-order valence-corrected chi connectivity index (χ2v) is 6.18. The molecular weight excluding hydrogens is 302 g/mol. The fourth-order valence-electron chi connectivity index (χ4n) is 2.97. The van der Waals surface area contributed by atoms with Crippen LogP contribution in [0.25, 0.3) is 0 Å². The fourth-order valence-corrected chi connectivity index (χ4v) is 2.97. The number of carbonyl (C=O) groups is 2. The van der Waals surface area contributed by atoms with Crippen molar-refractivity contribution in [1.82, 2.24) is 10.6 Å². The van der Waals surface area contributed by atoms with Gasteiger partial charge in [0.1, 0.15) is 0 Å². The van der Waals surface area contributed by atoms with Gasteiger partial charge in [-0.25, -0.2) is 0 Å². The summed E-state index contributed by atoms with van der Waals surface area (Å²) in [5.41, 5.74) is 2.41. The number of aryl methyl sites for hydroxylation is 1. The molecule has 2 aliphatic rings. The Labute approximate surface area is 136 Å². The van der Waals surface area contributed by atoms with Gasteiger partial charge in [0.2, 0.25) is 5.91 Å². The number of anilines is 1. The Morgan fingerprint density at radius 3 is 2.68 bits per heavy atom. The van der Waals surface area contributed by atoms with Crippen LogP contribution in [0.2, 0.25) is 0 Å². The summed E-state index contributed by atoms with van der Waals surface area (Å²) in [5, 5.41) is 9.30. The van der Waals surface area contributed by atoms with E-state index in [0.717, 1.165) is 37.2 Å². The summed E-state index contributed by atoms with van der Waals surface area (Å²) < 4.78 is 0. The Morgan fingerprint density at radius 2 is 1.95 bits per heavy atom. The minimum absolute atomic E-state index is 0. The minimum Gasteiger partial charge on any atom is -0.347 e. The first-order valence-electron chi connectivity index (χ1n) is 7.52. The van der Waals surface area contributed by atoms with Crippen molar-refractivity contribution in [3.63, 3.8) is 0 Å². The predicted octanol–water partition coefficient (Wildman–Crippen LogP) is 1.86. The number of halogens is 1. The van der Waals surface area contributed by atoms with Gasteiger partial charge in [0, 0.05) is 23.2 Å². The van der Waals surface area contributed by atoms with Gasteiger partial charge in [-0.1, -0.05) is 0 Å². The Morgan fingerprint density at radius 1 is 1.23 bits per heavy atom. The highest BCUT2D eigenvalue weighted by atomic mass is 35.5. The van der Waals surface area contributed by atoms with Gasteiger partial charge in [-0.05, 0) is 63.0 Å². The SMILES string of the molecule is CC1(NC(=O)c2ccc3c(c2)CCC(=O)N3)CCNCC1.Cl. The summed E-state index contributed by atoms with van der Waals surface area (Å²) in [6, 6.07) is 5.50. The van der Waals surface area contributed by atoms with E-state index < -0.39 is 0 Å². The van der Waals surface area contributed by atoms with Crippen molar-refractivity contribution in [2.24, 2.45) is 0 Å². The molecule has 0 bridgehead atoms. The number of amides is 2. The molecule has 0 spiro atoms. The highest BCUT2D eigenvalue weighted by molar-refractivity contribution is 5.98. The third-order valence-corrected chi connectivity index (χ3v) is 4.39. The van der Waals surface area contributed by atoms with Gasteiger partial charge in [0.25, 0.3) is 5.91 Å². The Hall–Kier alpha value is -1.59. The molecule has 0 aliphatic carbocycles. The topological polar surface area (TPSA) is 70.2 Å². The van der Waals surface area contributed by atoms with E-state index in [1.54, 1.807) is 6.07 Å². The van der Waals surface area contributed by atoms with Crippen LogP contribution in [-0.4, -0.2) is 30.4 Å². The molecule has 0 atom stereocenters. The molecule has 2 amide bonds. The first kappa shape index (κ1) is 16.8. The molecule has 1 fully saturated rings.